The Balaban J connectivity index is 1.47. The van der Waals surface area contributed by atoms with Gasteiger partial charge in [-0.25, -0.2) is 8.42 Å². The van der Waals surface area contributed by atoms with Crippen molar-refractivity contribution in [1.29, 1.82) is 0 Å². The summed E-state index contributed by atoms with van der Waals surface area (Å²) in [5.41, 5.74) is 1.77. The average molecular weight is 393 g/mol. The maximum atomic E-state index is 13.0. The molecule has 2 fully saturated rings. The molecule has 4 rings (SSSR count). The molecule has 0 unspecified atom stereocenters. The van der Waals surface area contributed by atoms with E-state index in [1.54, 1.807) is 18.7 Å². The number of aromatic amines is 1. The lowest BCUT2D eigenvalue weighted by atomic mass is 10.2. The third-order valence-corrected chi connectivity index (χ3v) is 7.29. The standard InChI is InChI=1S/C17H23N5O4S/c1-11-16(12(2)26-20-11)27(24,25)22-7-3-6-21(8-9-22)17(23)15-10-14(18-19-15)13-4-5-13/h10,13H,3-9H2,1-2H3,(H,18,19). The molecule has 1 N–H and O–H groups in total. The van der Waals surface area contributed by atoms with Gasteiger partial charge in [0, 0.05) is 37.8 Å². The van der Waals surface area contributed by atoms with Gasteiger partial charge in [0.25, 0.3) is 5.91 Å². The summed E-state index contributed by atoms with van der Waals surface area (Å²) in [5.74, 6) is 0.627. The first-order valence-corrected chi connectivity index (χ1v) is 10.6. The molecule has 0 spiro atoms. The van der Waals surface area contributed by atoms with Crippen LogP contribution in [0.15, 0.2) is 15.5 Å². The molecule has 2 aliphatic rings. The highest BCUT2D eigenvalue weighted by atomic mass is 32.2. The van der Waals surface area contributed by atoms with Crippen molar-refractivity contribution < 1.29 is 17.7 Å². The van der Waals surface area contributed by atoms with E-state index in [1.165, 1.54) is 4.31 Å². The van der Waals surface area contributed by atoms with Crippen LogP contribution in [0.4, 0.5) is 0 Å². The van der Waals surface area contributed by atoms with Gasteiger partial charge in [0.1, 0.15) is 16.3 Å². The van der Waals surface area contributed by atoms with Crippen LogP contribution in [0.3, 0.4) is 0 Å². The minimum absolute atomic E-state index is 0.128. The fraction of sp³-hybridized carbons (Fsp3) is 0.588. The fourth-order valence-corrected chi connectivity index (χ4v) is 5.28. The van der Waals surface area contributed by atoms with Crippen LogP contribution in [-0.2, 0) is 10.0 Å². The number of carbonyl (C=O) groups is 1. The Bertz CT molecular complexity index is 940. The van der Waals surface area contributed by atoms with Crippen molar-refractivity contribution in [2.45, 2.75) is 43.9 Å². The van der Waals surface area contributed by atoms with Gasteiger partial charge < -0.3 is 9.42 Å². The van der Waals surface area contributed by atoms with Crippen molar-refractivity contribution in [1.82, 2.24) is 24.6 Å². The fourth-order valence-electron chi connectivity index (χ4n) is 3.52. The van der Waals surface area contributed by atoms with Crippen molar-refractivity contribution in [3.05, 3.63) is 28.9 Å². The van der Waals surface area contributed by atoms with Gasteiger partial charge in [-0.05, 0) is 39.2 Å². The zero-order chi connectivity index (χ0) is 19.2. The summed E-state index contributed by atoms with van der Waals surface area (Å²) in [6.07, 6.45) is 2.83. The minimum atomic E-state index is -3.70. The van der Waals surface area contributed by atoms with Crippen molar-refractivity contribution in [2.24, 2.45) is 0 Å². The molecule has 1 aliphatic heterocycles. The van der Waals surface area contributed by atoms with E-state index < -0.39 is 10.0 Å². The summed E-state index contributed by atoms with van der Waals surface area (Å²) in [5, 5.41) is 10.8. The maximum Gasteiger partial charge on any atom is 0.274 e. The molecular formula is C17H23N5O4S. The Morgan fingerprint density at radius 2 is 2.00 bits per heavy atom. The normalized spacial score (nSPS) is 19.3. The molecule has 3 heterocycles. The van der Waals surface area contributed by atoms with E-state index in [4.69, 9.17) is 4.52 Å². The summed E-state index contributed by atoms with van der Waals surface area (Å²) in [6, 6.07) is 1.82. The van der Waals surface area contributed by atoms with E-state index >= 15 is 0 Å². The Morgan fingerprint density at radius 3 is 2.67 bits per heavy atom. The lowest BCUT2D eigenvalue weighted by molar-refractivity contribution is 0.0758. The predicted molar refractivity (Wildman–Crippen MR) is 95.8 cm³/mol. The highest BCUT2D eigenvalue weighted by molar-refractivity contribution is 7.89. The lowest BCUT2D eigenvalue weighted by Gasteiger charge is -2.21. The van der Waals surface area contributed by atoms with Crippen molar-refractivity contribution in [3.63, 3.8) is 0 Å². The van der Waals surface area contributed by atoms with Crippen LogP contribution in [0.5, 0.6) is 0 Å². The SMILES string of the molecule is Cc1noc(C)c1S(=O)(=O)N1CCCN(C(=O)c2cc(C3CC3)[nH]n2)CC1. The number of nitrogens with zero attached hydrogens (tertiary/aromatic N) is 4. The zero-order valence-corrected chi connectivity index (χ0v) is 16.3. The molecule has 1 saturated heterocycles. The van der Waals surface area contributed by atoms with Gasteiger partial charge in [-0.1, -0.05) is 5.16 Å². The van der Waals surface area contributed by atoms with Crippen molar-refractivity contribution >= 4 is 15.9 Å². The molecule has 9 nitrogen and oxygen atoms in total. The topological polar surface area (TPSA) is 112 Å². The summed E-state index contributed by atoms with van der Waals surface area (Å²) in [6.45, 7) is 4.62. The molecule has 27 heavy (non-hydrogen) atoms. The first-order valence-electron chi connectivity index (χ1n) is 9.15. The van der Waals surface area contributed by atoms with Crippen LogP contribution < -0.4 is 0 Å². The molecule has 0 radical (unpaired) electrons. The molecule has 1 aliphatic carbocycles. The summed E-state index contributed by atoms with van der Waals surface area (Å²) >= 11 is 0. The molecule has 146 valence electrons. The molecule has 2 aromatic rings. The van der Waals surface area contributed by atoms with Gasteiger partial charge >= 0.3 is 0 Å². The minimum Gasteiger partial charge on any atom is -0.360 e. The van der Waals surface area contributed by atoms with Crippen LogP contribution in [0, 0.1) is 13.8 Å². The predicted octanol–water partition coefficient (Wildman–Crippen LogP) is 1.43. The molecule has 10 heteroatoms. The maximum absolute atomic E-state index is 13.0. The highest BCUT2D eigenvalue weighted by Gasteiger charge is 2.33. The number of sulfonamides is 1. The number of amides is 1. The number of rotatable bonds is 4. The number of nitrogens with one attached hydrogen (secondary N) is 1. The Labute approximate surface area is 157 Å². The van der Waals surface area contributed by atoms with E-state index in [9.17, 15) is 13.2 Å². The number of aromatic nitrogens is 3. The number of carbonyl (C=O) groups excluding carboxylic acids is 1. The average Bonchev–Trinajstić information content (AvgIpc) is 3.33. The molecule has 2 aromatic heterocycles. The molecular weight excluding hydrogens is 370 g/mol. The molecule has 0 atom stereocenters. The van der Waals surface area contributed by atoms with E-state index in [-0.39, 0.29) is 23.1 Å². The van der Waals surface area contributed by atoms with Gasteiger partial charge in [-0.15, -0.1) is 0 Å². The Kier molecular flexibility index (Phi) is 4.55. The monoisotopic (exact) mass is 393 g/mol. The lowest BCUT2D eigenvalue weighted by Crippen LogP contribution is -2.37. The van der Waals surface area contributed by atoms with Crippen LogP contribution in [0.25, 0.3) is 0 Å². The van der Waals surface area contributed by atoms with Crippen LogP contribution >= 0.6 is 0 Å². The van der Waals surface area contributed by atoms with Gasteiger partial charge in [-0.2, -0.15) is 9.40 Å². The largest absolute Gasteiger partial charge is 0.360 e. The van der Waals surface area contributed by atoms with Crippen molar-refractivity contribution in [2.75, 3.05) is 26.2 Å². The second-order valence-corrected chi connectivity index (χ2v) is 9.06. The zero-order valence-electron chi connectivity index (χ0n) is 15.4. The number of H-pyrrole nitrogens is 1. The molecule has 1 saturated carbocycles. The second-order valence-electron chi connectivity index (χ2n) is 7.19. The molecule has 0 aromatic carbocycles. The third-order valence-electron chi connectivity index (χ3n) is 5.14. The van der Waals surface area contributed by atoms with Crippen LogP contribution in [0.2, 0.25) is 0 Å². The number of hydrogen-bond donors (Lipinski definition) is 1. The third kappa shape index (κ3) is 3.39. The second kappa shape index (κ2) is 6.75. The van der Waals surface area contributed by atoms with Gasteiger partial charge in [0.2, 0.25) is 10.0 Å². The smallest absolute Gasteiger partial charge is 0.274 e. The van der Waals surface area contributed by atoms with Crippen molar-refractivity contribution in [3.8, 4) is 0 Å². The summed E-state index contributed by atoms with van der Waals surface area (Å²) < 4.78 is 32.4. The van der Waals surface area contributed by atoms with Crippen LogP contribution in [0.1, 0.15) is 52.8 Å². The number of aryl methyl sites for hydroxylation is 2. The first-order chi connectivity index (χ1) is 12.9. The molecule has 0 bridgehead atoms. The van der Waals surface area contributed by atoms with E-state index in [1.807, 2.05) is 6.07 Å². The Hall–Kier alpha value is -2.20. The summed E-state index contributed by atoms with van der Waals surface area (Å²) in [7, 11) is -3.70. The number of hydrogen-bond acceptors (Lipinski definition) is 6. The quantitative estimate of drug-likeness (QED) is 0.841. The van der Waals surface area contributed by atoms with Gasteiger partial charge in [-0.3, -0.25) is 9.89 Å². The van der Waals surface area contributed by atoms with E-state index in [2.05, 4.69) is 15.4 Å². The highest BCUT2D eigenvalue weighted by Crippen LogP contribution is 2.39. The summed E-state index contributed by atoms with van der Waals surface area (Å²) in [4.78, 5) is 14.6. The van der Waals surface area contributed by atoms with E-state index in [0.717, 1.165) is 18.5 Å². The first kappa shape index (κ1) is 18.2. The Morgan fingerprint density at radius 1 is 1.22 bits per heavy atom. The van der Waals surface area contributed by atoms with Crippen LogP contribution in [-0.4, -0.2) is 65.1 Å². The molecule has 1 amide bonds. The van der Waals surface area contributed by atoms with E-state index in [0.29, 0.717) is 43.4 Å². The van der Waals surface area contributed by atoms with Gasteiger partial charge in [0.05, 0.1) is 0 Å². The van der Waals surface area contributed by atoms with Gasteiger partial charge in [0.15, 0.2) is 5.76 Å².